The van der Waals surface area contributed by atoms with Gasteiger partial charge in [0.15, 0.2) is 5.82 Å². The standard InChI is InChI=1S/C6H12N6O/c1-12-4-9-5(10-12)2-3-8-6(7)11-13/h4,13H,2-3H2,1H3,(H3,7,8,11). The molecule has 0 aliphatic rings. The molecule has 0 aliphatic carbocycles. The van der Waals surface area contributed by atoms with Crippen molar-refractivity contribution >= 4 is 5.96 Å². The van der Waals surface area contributed by atoms with Gasteiger partial charge in [-0.1, -0.05) is 0 Å². The predicted octanol–water partition coefficient (Wildman–Crippen LogP) is -1.35. The summed E-state index contributed by atoms with van der Waals surface area (Å²) in [6.45, 7) is 0.448. The van der Waals surface area contributed by atoms with Crippen LogP contribution in [0.5, 0.6) is 0 Å². The zero-order valence-electron chi connectivity index (χ0n) is 7.30. The van der Waals surface area contributed by atoms with Gasteiger partial charge in [-0.3, -0.25) is 14.9 Å². The van der Waals surface area contributed by atoms with Crippen molar-refractivity contribution in [2.75, 3.05) is 6.54 Å². The third-order valence-electron chi connectivity index (χ3n) is 1.38. The van der Waals surface area contributed by atoms with Gasteiger partial charge in [-0.15, -0.1) is 0 Å². The molecule has 0 atom stereocenters. The number of nitrogens with two attached hydrogens (primary N) is 1. The number of nitrogens with one attached hydrogen (secondary N) is 1. The molecule has 13 heavy (non-hydrogen) atoms. The Balaban J connectivity index is 2.35. The van der Waals surface area contributed by atoms with Gasteiger partial charge < -0.3 is 5.73 Å². The molecule has 0 fully saturated rings. The van der Waals surface area contributed by atoms with E-state index in [4.69, 9.17) is 10.9 Å². The number of aliphatic imine (C=N–C) groups is 1. The van der Waals surface area contributed by atoms with Crippen LogP contribution in [0.3, 0.4) is 0 Å². The van der Waals surface area contributed by atoms with Gasteiger partial charge in [0.2, 0.25) is 5.96 Å². The molecular weight excluding hydrogens is 172 g/mol. The fraction of sp³-hybridized carbons (Fsp3) is 0.500. The highest BCUT2D eigenvalue weighted by molar-refractivity contribution is 5.76. The third-order valence-corrected chi connectivity index (χ3v) is 1.38. The number of hydroxylamine groups is 1. The maximum Gasteiger partial charge on any atom is 0.212 e. The Morgan fingerprint density at radius 3 is 3.15 bits per heavy atom. The monoisotopic (exact) mass is 184 g/mol. The second kappa shape index (κ2) is 4.41. The second-order valence-electron chi connectivity index (χ2n) is 2.46. The molecule has 0 unspecified atom stereocenters. The molecule has 0 aliphatic heterocycles. The van der Waals surface area contributed by atoms with E-state index in [1.54, 1.807) is 23.5 Å². The summed E-state index contributed by atoms with van der Waals surface area (Å²) in [6.07, 6.45) is 2.22. The molecule has 1 heterocycles. The van der Waals surface area contributed by atoms with E-state index in [1.807, 2.05) is 0 Å². The quantitative estimate of drug-likeness (QED) is 0.306. The highest BCUT2D eigenvalue weighted by Gasteiger charge is 1.97. The van der Waals surface area contributed by atoms with Gasteiger partial charge in [-0.2, -0.15) is 5.10 Å². The highest BCUT2D eigenvalue weighted by atomic mass is 16.5. The molecule has 4 N–H and O–H groups in total. The Labute approximate surface area is 75.3 Å². The number of nitrogens with zero attached hydrogens (tertiary/aromatic N) is 4. The Morgan fingerprint density at radius 1 is 1.85 bits per heavy atom. The van der Waals surface area contributed by atoms with Crippen molar-refractivity contribution in [2.45, 2.75) is 6.42 Å². The smallest absolute Gasteiger partial charge is 0.212 e. The van der Waals surface area contributed by atoms with Crippen molar-refractivity contribution in [3.05, 3.63) is 12.2 Å². The van der Waals surface area contributed by atoms with Gasteiger partial charge in [-0.05, 0) is 0 Å². The van der Waals surface area contributed by atoms with Crippen LogP contribution in [0.4, 0.5) is 0 Å². The lowest BCUT2D eigenvalue weighted by atomic mass is 10.4. The van der Waals surface area contributed by atoms with Crippen LogP contribution in [-0.2, 0) is 13.5 Å². The Kier molecular flexibility index (Phi) is 3.21. The van der Waals surface area contributed by atoms with Gasteiger partial charge in [-0.25, -0.2) is 10.5 Å². The van der Waals surface area contributed by atoms with Crippen molar-refractivity contribution in [1.82, 2.24) is 20.2 Å². The van der Waals surface area contributed by atoms with E-state index in [2.05, 4.69) is 15.1 Å². The summed E-state index contributed by atoms with van der Waals surface area (Å²) in [4.78, 5) is 7.79. The van der Waals surface area contributed by atoms with Crippen LogP contribution in [0.1, 0.15) is 5.82 Å². The van der Waals surface area contributed by atoms with Gasteiger partial charge in [0.05, 0.1) is 0 Å². The van der Waals surface area contributed by atoms with Gasteiger partial charge in [0.1, 0.15) is 6.33 Å². The van der Waals surface area contributed by atoms with Crippen LogP contribution in [-0.4, -0.2) is 32.5 Å². The normalized spacial score (nSPS) is 11.7. The summed E-state index contributed by atoms with van der Waals surface area (Å²) in [5.41, 5.74) is 6.92. The summed E-state index contributed by atoms with van der Waals surface area (Å²) in [5, 5.41) is 12.3. The molecule has 0 spiro atoms. The number of rotatable bonds is 3. The van der Waals surface area contributed by atoms with Crippen molar-refractivity contribution < 1.29 is 5.21 Å². The molecule has 0 bridgehead atoms. The number of aromatic nitrogens is 3. The van der Waals surface area contributed by atoms with E-state index in [0.717, 1.165) is 0 Å². The molecule has 1 rings (SSSR count). The number of aryl methyl sites for hydroxylation is 1. The van der Waals surface area contributed by atoms with Crippen molar-refractivity contribution in [2.24, 2.45) is 17.8 Å². The number of hydrogen-bond donors (Lipinski definition) is 3. The molecule has 72 valence electrons. The third kappa shape index (κ3) is 3.08. The molecule has 1 aromatic rings. The SMILES string of the molecule is Cn1cnc(CCN=C(N)NO)n1. The first-order valence-electron chi connectivity index (χ1n) is 3.77. The minimum absolute atomic E-state index is 0.00377. The summed E-state index contributed by atoms with van der Waals surface area (Å²) >= 11 is 0. The summed E-state index contributed by atoms with van der Waals surface area (Å²) in [7, 11) is 1.80. The fourth-order valence-corrected chi connectivity index (χ4v) is 0.810. The average molecular weight is 184 g/mol. The van der Waals surface area contributed by atoms with E-state index in [1.165, 1.54) is 0 Å². The van der Waals surface area contributed by atoms with Crippen LogP contribution in [0.15, 0.2) is 11.3 Å². The first kappa shape index (κ1) is 9.46. The highest BCUT2D eigenvalue weighted by Crippen LogP contribution is 1.89. The van der Waals surface area contributed by atoms with E-state index in [0.29, 0.717) is 18.8 Å². The lowest BCUT2D eigenvalue weighted by molar-refractivity contribution is 0.232. The summed E-state index contributed by atoms with van der Waals surface area (Å²) in [5.74, 6) is 0.702. The van der Waals surface area contributed by atoms with Crippen LogP contribution in [0.25, 0.3) is 0 Å². The lowest BCUT2D eigenvalue weighted by Gasteiger charge is -1.95. The molecule has 0 aromatic carbocycles. The largest absolute Gasteiger partial charge is 0.368 e. The van der Waals surface area contributed by atoms with Gasteiger partial charge in [0.25, 0.3) is 0 Å². The Morgan fingerprint density at radius 2 is 2.62 bits per heavy atom. The zero-order valence-corrected chi connectivity index (χ0v) is 7.30. The predicted molar refractivity (Wildman–Crippen MR) is 46.1 cm³/mol. The number of hydrogen-bond acceptors (Lipinski definition) is 4. The van der Waals surface area contributed by atoms with Gasteiger partial charge >= 0.3 is 0 Å². The molecule has 0 saturated carbocycles. The number of guanidine groups is 1. The molecule has 0 amide bonds. The average Bonchev–Trinajstić information content (AvgIpc) is 2.51. The van der Waals surface area contributed by atoms with Crippen LogP contribution in [0.2, 0.25) is 0 Å². The van der Waals surface area contributed by atoms with Crippen molar-refractivity contribution in [3.63, 3.8) is 0 Å². The molecule has 1 aromatic heterocycles. The second-order valence-corrected chi connectivity index (χ2v) is 2.46. The van der Waals surface area contributed by atoms with Crippen LogP contribution >= 0.6 is 0 Å². The zero-order chi connectivity index (χ0) is 9.68. The van der Waals surface area contributed by atoms with Gasteiger partial charge in [0, 0.05) is 20.0 Å². The molecule has 0 radical (unpaired) electrons. The molecule has 7 nitrogen and oxygen atoms in total. The lowest BCUT2D eigenvalue weighted by Crippen LogP contribution is -2.28. The van der Waals surface area contributed by atoms with E-state index in [-0.39, 0.29) is 5.96 Å². The van der Waals surface area contributed by atoms with E-state index in [9.17, 15) is 0 Å². The van der Waals surface area contributed by atoms with E-state index >= 15 is 0 Å². The van der Waals surface area contributed by atoms with Crippen LogP contribution < -0.4 is 11.2 Å². The Hall–Kier alpha value is -1.63. The summed E-state index contributed by atoms with van der Waals surface area (Å²) < 4.78 is 1.62. The van der Waals surface area contributed by atoms with E-state index < -0.39 is 0 Å². The topological polar surface area (TPSA) is 101 Å². The first-order valence-corrected chi connectivity index (χ1v) is 3.77. The molecular formula is C6H12N6O. The van der Waals surface area contributed by atoms with Crippen LogP contribution in [0, 0.1) is 0 Å². The first-order chi connectivity index (χ1) is 6.22. The fourth-order valence-electron chi connectivity index (χ4n) is 0.810. The maximum absolute atomic E-state index is 8.29. The van der Waals surface area contributed by atoms with Crippen molar-refractivity contribution in [1.29, 1.82) is 0 Å². The minimum atomic E-state index is -0.00377. The van der Waals surface area contributed by atoms with Crippen molar-refractivity contribution in [3.8, 4) is 0 Å². The Bertz CT molecular complexity index is 293. The maximum atomic E-state index is 8.29. The minimum Gasteiger partial charge on any atom is -0.368 e. The molecule has 7 heteroatoms. The molecule has 0 saturated heterocycles. The summed E-state index contributed by atoms with van der Waals surface area (Å²) in [6, 6.07) is 0.